The van der Waals surface area contributed by atoms with Crippen molar-refractivity contribution in [2.45, 2.75) is 12.8 Å². The summed E-state index contributed by atoms with van der Waals surface area (Å²) >= 11 is 11.7. The fourth-order valence-corrected chi connectivity index (χ4v) is 2.00. The Hall–Kier alpha value is -1.43. The molecular weight excluding hydrogens is 328 g/mol. The molecule has 0 amide bonds. The number of ether oxygens (including phenoxy) is 1. The fraction of sp³-hybridized carbons (Fsp3) is 0.143. The molecule has 2 aromatic rings. The normalized spacial score (nSPS) is 11.5. The van der Waals surface area contributed by atoms with Crippen LogP contribution in [0.25, 0.3) is 0 Å². The minimum atomic E-state index is -4.62. The zero-order chi connectivity index (χ0) is 15.6. The minimum absolute atomic E-state index is 0.0198. The number of hydrogen-bond acceptors (Lipinski definition) is 2. The lowest BCUT2D eigenvalue weighted by molar-refractivity contribution is -0.138. The van der Waals surface area contributed by atoms with Gasteiger partial charge in [0.05, 0.1) is 17.2 Å². The van der Waals surface area contributed by atoms with Crippen LogP contribution in [0.1, 0.15) is 11.1 Å². The van der Waals surface area contributed by atoms with Gasteiger partial charge in [-0.05, 0) is 29.8 Å². The van der Waals surface area contributed by atoms with Gasteiger partial charge in [0, 0.05) is 0 Å². The van der Waals surface area contributed by atoms with Gasteiger partial charge in [-0.1, -0.05) is 35.3 Å². The zero-order valence-electron chi connectivity index (χ0n) is 10.4. The summed E-state index contributed by atoms with van der Waals surface area (Å²) in [4.78, 5) is 0. The predicted molar refractivity (Wildman–Crippen MR) is 73.9 cm³/mol. The number of benzene rings is 2. The molecule has 0 atom stereocenters. The van der Waals surface area contributed by atoms with E-state index in [4.69, 9.17) is 33.0 Å². The molecule has 0 saturated heterocycles. The van der Waals surface area contributed by atoms with Crippen molar-refractivity contribution >= 4 is 23.2 Å². The average molecular weight is 337 g/mol. The van der Waals surface area contributed by atoms with Crippen molar-refractivity contribution in [2.75, 3.05) is 0 Å². The van der Waals surface area contributed by atoms with Gasteiger partial charge in [-0.25, -0.2) is 0 Å². The van der Waals surface area contributed by atoms with E-state index in [1.807, 2.05) is 0 Å². The highest BCUT2D eigenvalue weighted by Crippen LogP contribution is 2.41. The first-order valence-corrected chi connectivity index (χ1v) is 6.51. The molecule has 0 saturated carbocycles. The summed E-state index contributed by atoms with van der Waals surface area (Å²) in [6.45, 7) is -0.499. The molecule has 7 heteroatoms. The molecule has 0 bridgehead atoms. The van der Waals surface area contributed by atoms with Gasteiger partial charge in [-0.15, -0.1) is 0 Å². The van der Waals surface area contributed by atoms with Crippen molar-refractivity contribution in [1.29, 1.82) is 0 Å². The molecule has 0 aliphatic heterocycles. The number of aliphatic hydroxyl groups is 1. The van der Waals surface area contributed by atoms with Gasteiger partial charge in [0.1, 0.15) is 16.5 Å². The van der Waals surface area contributed by atoms with Crippen LogP contribution in [0.3, 0.4) is 0 Å². The molecule has 2 nitrogen and oxygen atoms in total. The topological polar surface area (TPSA) is 29.5 Å². The van der Waals surface area contributed by atoms with E-state index in [0.29, 0.717) is 0 Å². The van der Waals surface area contributed by atoms with Crippen LogP contribution >= 0.6 is 23.2 Å². The number of alkyl halides is 3. The van der Waals surface area contributed by atoms with Crippen molar-refractivity contribution in [3.63, 3.8) is 0 Å². The molecule has 0 fully saturated rings. The Labute approximate surface area is 128 Å². The van der Waals surface area contributed by atoms with Gasteiger partial charge < -0.3 is 9.84 Å². The molecule has 112 valence electrons. The molecule has 0 aliphatic rings. The highest BCUT2D eigenvalue weighted by atomic mass is 35.5. The first kappa shape index (κ1) is 15.9. The highest BCUT2D eigenvalue weighted by Gasteiger charge is 2.35. The average Bonchev–Trinajstić information content (AvgIpc) is 2.43. The van der Waals surface area contributed by atoms with Crippen molar-refractivity contribution in [3.05, 3.63) is 57.6 Å². The SMILES string of the molecule is OCc1ccc(Oc2cccc(Cl)c2Cl)c(C(F)(F)F)c1. The van der Waals surface area contributed by atoms with Gasteiger partial charge in [-0.2, -0.15) is 13.2 Å². The molecule has 0 radical (unpaired) electrons. The van der Waals surface area contributed by atoms with E-state index in [2.05, 4.69) is 0 Å². The molecule has 1 N–H and O–H groups in total. The maximum absolute atomic E-state index is 13.0. The van der Waals surface area contributed by atoms with Crippen molar-refractivity contribution < 1.29 is 23.0 Å². The van der Waals surface area contributed by atoms with Gasteiger partial charge in [-0.3, -0.25) is 0 Å². The number of aliphatic hydroxyl groups excluding tert-OH is 1. The second kappa shape index (κ2) is 6.13. The summed E-state index contributed by atoms with van der Waals surface area (Å²) < 4.78 is 44.3. The predicted octanol–water partition coefficient (Wildman–Crippen LogP) is 5.30. The van der Waals surface area contributed by atoms with Crippen LogP contribution in [0.15, 0.2) is 36.4 Å². The second-order valence-electron chi connectivity index (χ2n) is 4.14. The largest absolute Gasteiger partial charge is 0.455 e. The third kappa shape index (κ3) is 3.61. The zero-order valence-corrected chi connectivity index (χ0v) is 11.9. The van der Waals surface area contributed by atoms with Crippen molar-refractivity contribution in [1.82, 2.24) is 0 Å². The lowest BCUT2D eigenvalue weighted by atomic mass is 10.1. The van der Waals surface area contributed by atoms with Gasteiger partial charge >= 0.3 is 6.18 Å². The van der Waals surface area contributed by atoms with Crippen LogP contribution in [-0.4, -0.2) is 5.11 Å². The van der Waals surface area contributed by atoms with E-state index < -0.39 is 24.1 Å². The summed E-state index contributed by atoms with van der Waals surface area (Å²) in [7, 11) is 0. The Kier molecular flexibility index (Phi) is 4.66. The lowest BCUT2D eigenvalue weighted by Crippen LogP contribution is -2.08. The van der Waals surface area contributed by atoms with Gasteiger partial charge in [0.25, 0.3) is 0 Å². The fourth-order valence-electron chi connectivity index (χ4n) is 1.67. The van der Waals surface area contributed by atoms with Crippen LogP contribution in [-0.2, 0) is 12.8 Å². The van der Waals surface area contributed by atoms with Crippen LogP contribution in [0.4, 0.5) is 13.2 Å². The van der Waals surface area contributed by atoms with E-state index >= 15 is 0 Å². The molecule has 0 aromatic heterocycles. The first-order chi connectivity index (χ1) is 9.82. The second-order valence-corrected chi connectivity index (χ2v) is 4.93. The monoisotopic (exact) mass is 336 g/mol. The van der Waals surface area contributed by atoms with Crippen LogP contribution in [0.2, 0.25) is 10.0 Å². The molecule has 0 aliphatic carbocycles. The molecule has 0 spiro atoms. The first-order valence-electron chi connectivity index (χ1n) is 5.75. The maximum atomic E-state index is 13.0. The molecular formula is C14H9Cl2F3O2. The molecule has 0 unspecified atom stereocenters. The van der Waals surface area contributed by atoms with Crippen LogP contribution in [0.5, 0.6) is 11.5 Å². The summed E-state index contributed by atoms with van der Waals surface area (Å²) in [5.41, 5.74) is -0.864. The maximum Gasteiger partial charge on any atom is 0.419 e. The summed E-state index contributed by atoms with van der Waals surface area (Å²) in [5.74, 6) is -0.393. The Balaban J connectivity index is 2.46. The molecule has 2 rings (SSSR count). The summed E-state index contributed by atoms with van der Waals surface area (Å²) in [6.07, 6.45) is -4.62. The third-order valence-corrected chi connectivity index (χ3v) is 3.47. The lowest BCUT2D eigenvalue weighted by Gasteiger charge is -2.15. The summed E-state index contributed by atoms with van der Waals surface area (Å²) in [6, 6.07) is 7.71. The number of rotatable bonds is 3. The van der Waals surface area contributed by atoms with Gasteiger partial charge in [0.15, 0.2) is 0 Å². The van der Waals surface area contributed by atoms with Crippen molar-refractivity contribution in [2.24, 2.45) is 0 Å². The van der Waals surface area contributed by atoms with E-state index in [0.717, 1.165) is 12.1 Å². The Morgan fingerprint density at radius 2 is 1.76 bits per heavy atom. The number of halogens is 5. The van der Waals surface area contributed by atoms with Crippen molar-refractivity contribution in [3.8, 4) is 11.5 Å². The minimum Gasteiger partial charge on any atom is -0.455 e. The Morgan fingerprint density at radius 3 is 2.38 bits per heavy atom. The number of hydrogen-bond donors (Lipinski definition) is 1. The Bertz CT molecular complexity index is 657. The van der Waals surface area contributed by atoms with E-state index in [1.165, 1.54) is 24.3 Å². The third-order valence-electron chi connectivity index (χ3n) is 2.67. The standard InChI is InChI=1S/C14H9Cl2F3O2/c15-10-2-1-3-12(13(10)16)21-11-5-4-8(7-20)6-9(11)14(17,18)19/h1-6,20H,7H2. The van der Waals surface area contributed by atoms with Gasteiger partial charge in [0.2, 0.25) is 0 Å². The van der Waals surface area contributed by atoms with Crippen LogP contribution in [0, 0.1) is 0 Å². The van der Waals surface area contributed by atoms with Crippen LogP contribution < -0.4 is 4.74 Å². The van der Waals surface area contributed by atoms with E-state index in [1.54, 1.807) is 0 Å². The molecule has 21 heavy (non-hydrogen) atoms. The smallest absolute Gasteiger partial charge is 0.419 e. The molecule has 2 aromatic carbocycles. The summed E-state index contributed by atoms with van der Waals surface area (Å²) in [5, 5.41) is 9.14. The Morgan fingerprint density at radius 1 is 1.05 bits per heavy atom. The highest BCUT2D eigenvalue weighted by molar-refractivity contribution is 6.42. The van der Waals surface area contributed by atoms with E-state index in [9.17, 15) is 13.2 Å². The van der Waals surface area contributed by atoms with E-state index in [-0.39, 0.29) is 21.4 Å². The molecule has 0 heterocycles. The quantitative estimate of drug-likeness (QED) is 0.824.